The van der Waals surface area contributed by atoms with E-state index in [0.29, 0.717) is 4.91 Å². The minimum Gasteiger partial charge on any atom is -0.492 e. The Hall–Kier alpha value is -2.77. The normalized spacial score (nSPS) is 18.2. The highest BCUT2D eigenvalue weighted by molar-refractivity contribution is 8.18. The highest BCUT2D eigenvalue weighted by Crippen LogP contribution is 2.33. The van der Waals surface area contributed by atoms with Gasteiger partial charge in [-0.1, -0.05) is 23.8 Å². The number of nitrogens with zero attached hydrogens (tertiary/aromatic N) is 2. The second kappa shape index (κ2) is 9.58. The van der Waals surface area contributed by atoms with E-state index in [4.69, 9.17) is 9.47 Å². The number of aryl methyl sites for hydroxylation is 2. The molecule has 0 N–H and O–H groups in total. The summed E-state index contributed by atoms with van der Waals surface area (Å²) < 4.78 is 11.1. The van der Waals surface area contributed by atoms with E-state index in [9.17, 15) is 9.59 Å². The third-order valence-electron chi connectivity index (χ3n) is 5.39. The topological polar surface area (TPSA) is 59.1 Å². The van der Waals surface area contributed by atoms with Gasteiger partial charge in [-0.3, -0.25) is 14.5 Å². The number of thioether (sulfide) groups is 1. The van der Waals surface area contributed by atoms with Gasteiger partial charge in [0.2, 0.25) is 0 Å². The maximum absolute atomic E-state index is 12.8. The van der Waals surface area contributed by atoms with Crippen LogP contribution in [0.3, 0.4) is 0 Å². The molecule has 162 valence electrons. The lowest BCUT2D eigenvalue weighted by molar-refractivity contribution is -0.123. The molecule has 0 saturated carbocycles. The van der Waals surface area contributed by atoms with Crippen LogP contribution in [0, 0.1) is 13.8 Å². The van der Waals surface area contributed by atoms with Gasteiger partial charge in [0, 0.05) is 18.8 Å². The molecular weight excluding hydrogens is 412 g/mol. The van der Waals surface area contributed by atoms with Crippen molar-refractivity contribution in [2.75, 3.05) is 44.4 Å². The SMILES string of the molecule is Cc1ccc(OCCN2C(=O)S/C(=C\c3ccc(N4CCOCC4)cc3C)C2=O)cc1. The van der Waals surface area contributed by atoms with Crippen molar-refractivity contribution in [3.63, 3.8) is 0 Å². The molecule has 6 nitrogen and oxygen atoms in total. The van der Waals surface area contributed by atoms with Crippen molar-refractivity contribution in [2.24, 2.45) is 0 Å². The van der Waals surface area contributed by atoms with Crippen LogP contribution in [-0.2, 0) is 9.53 Å². The van der Waals surface area contributed by atoms with Crippen molar-refractivity contribution in [3.8, 4) is 5.75 Å². The Kier molecular flexibility index (Phi) is 6.63. The number of carbonyl (C=O) groups is 2. The molecule has 0 radical (unpaired) electrons. The average molecular weight is 439 g/mol. The fraction of sp³-hybridized carbons (Fsp3) is 0.333. The molecule has 0 spiro atoms. The van der Waals surface area contributed by atoms with Crippen molar-refractivity contribution in [3.05, 3.63) is 64.1 Å². The molecule has 2 aliphatic rings. The quantitative estimate of drug-likeness (QED) is 0.629. The van der Waals surface area contributed by atoms with Crippen LogP contribution in [0.15, 0.2) is 47.4 Å². The van der Waals surface area contributed by atoms with Crippen molar-refractivity contribution in [1.29, 1.82) is 0 Å². The number of hydrogen-bond donors (Lipinski definition) is 0. The van der Waals surface area contributed by atoms with Crippen LogP contribution in [0.2, 0.25) is 0 Å². The zero-order valence-electron chi connectivity index (χ0n) is 17.8. The number of anilines is 1. The number of amides is 2. The number of carbonyl (C=O) groups excluding carboxylic acids is 2. The molecular formula is C24H26N2O4S. The predicted molar refractivity (Wildman–Crippen MR) is 124 cm³/mol. The highest BCUT2D eigenvalue weighted by Gasteiger charge is 2.34. The van der Waals surface area contributed by atoms with E-state index in [-0.39, 0.29) is 24.3 Å². The fourth-order valence-electron chi connectivity index (χ4n) is 3.56. The Morgan fingerprint density at radius 3 is 2.52 bits per heavy atom. The van der Waals surface area contributed by atoms with Gasteiger partial charge in [0.1, 0.15) is 12.4 Å². The summed E-state index contributed by atoms with van der Waals surface area (Å²) in [7, 11) is 0. The molecule has 2 fully saturated rings. The first-order chi connectivity index (χ1) is 15.0. The van der Waals surface area contributed by atoms with Crippen molar-refractivity contribution in [1.82, 2.24) is 4.90 Å². The number of imide groups is 1. The van der Waals surface area contributed by atoms with Gasteiger partial charge in [0.15, 0.2) is 0 Å². The van der Waals surface area contributed by atoms with Gasteiger partial charge >= 0.3 is 0 Å². The number of hydrogen-bond acceptors (Lipinski definition) is 6. The Labute approximate surface area is 186 Å². The second-order valence-corrected chi connectivity index (χ2v) is 8.63. The predicted octanol–water partition coefficient (Wildman–Crippen LogP) is 4.26. The molecule has 0 aliphatic carbocycles. The number of ether oxygens (including phenoxy) is 2. The van der Waals surface area contributed by atoms with Crippen LogP contribution in [0.4, 0.5) is 10.5 Å². The second-order valence-electron chi connectivity index (χ2n) is 7.64. The van der Waals surface area contributed by atoms with Gasteiger partial charge in [-0.05, 0) is 67.1 Å². The van der Waals surface area contributed by atoms with Crippen LogP contribution in [-0.4, -0.2) is 55.5 Å². The van der Waals surface area contributed by atoms with E-state index in [1.54, 1.807) is 0 Å². The summed E-state index contributed by atoms with van der Waals surface area (Å²) in [6.45, 7) is 7.75. The molecule has 2 heterocycles. The zero-order valence-corrected chi connectivity index (χ0v) is 18.6. The largest absolute Gasteiger partial charge is 0.492 e. The standard InChI is InChI=1S/C24H26N2O4S/c1-17-3-7-21(8-4-17)30-14-11-26-23(27)22(31-24(26)28)16-19-5-6-20(15-18(19)2)25-9-12-29-13-10-25/h3-8,15-16H,9-14H2,1-2H3/b22-16-. The Morgan fingerprint density at radius 2 is 1.81 bits per heavy atom. The molecule has 0 unspecified atom stereocenters. The lowest BCUT2D eigenvalue weighted by atomic mass is 10.1. The van der Waals surface area contributed by atoms with E-state index in [0.717, 1.165) is 66.2 Å². The summed E-state index contributed by atoms with van der Waals surface area (Å²) in [5, 5.41) is -0.258. The summed E-state index contributed by atoms with van der Waals surface area (Å²) in [4.78, 5) is 29.1. The summed E-state index contributed by atoms with van der Waals surface area (Å²) in [6.07, 6.45) is 1.81. The molecule has 0 bridgehead atoms. The minimum atomic E-state index is -0.265. The van der Waals surface area contributed by atoms with Gasteiger partial charge in [0.25, 0.3) is 11.1 Å². The molecule has 2 aliphatic heterocycles. The average Bonchev–Trinajstić information content (AvgIpc) is 3.04. The third kappa shape index (κ3) is 5.11. The Morgan fingerprint density at radius 1 is 1.06 bits per heavy atom. The first-order valence-corrected chi connectivity index (χ1v) is 11.2. The van der Waals surface area contributed by atoms with Crippen LogP contribution < -0.4 is 9.64 Å². The smallest absolute Gasteiger partial charge is 0.293 e. The minimum absolute atomic E-state index is 0.227. The molecule has 0 aromatic heterocycles. The van der Waals surface area contributed by atoms with E-state index < -0.39 is 0 Å². The van der Waals surface area contributed by atoms with Gasteiger partial charge in [-0.15, -0.1) is 0 Å². The fourth-order valence-corrected chi connectivity index (χ4v) is 4.42. The molecule has 4 rings (SSSR count). The van der Waals surface area contributed by atoms with Crippen molar-refractivity contribution in [2.45, 2.75) is 13.8 Å². The maximum atomic E-state index is 12.8. The number of benzene rings is 2. The lowest BCUT2D eigenvalue weighted by Gasteiger charge is -2.29. The van der Waals surface area contributed by atoms with E-state index >= 15 is 0 Å². The van der Waals surface area contributed by atoms with Gasteiger partial charge in [0.05, 0.1) is 24.7 Å². The number of rotatable bonds is 6. The van der Waals surface area contributed by atoms with Crippen LogP contribution in [0.1, 0.15) is 16.7 Å². The molecule has 2 aromatic rings. The highest BCUT2D eigenvalue weighted by atomic mass is 32.2. The van der Waals surface area contributed by atoms with Crippen LogP contribution in [0.25, 0.3) is 6.08 Å². The third-order valence-corrected chi connectivity index (χ3v) is 6.30. The molecule has 0 atom stereocenters. The molecule has 7 heteroatoms. The van der Waals surface area contributed by atoms with Crippen molar-refractivity contribution >= 4 is 34.7 Å². The van der Waals surface area contributed by atoms with Crippen LogP contribution in [0.5, 0.6) is 5.75 Å². The van der Waals surface area contributed by atoms with Gasteiger partial charge < -0.3 is 14.4 Å². The van der Waals surface area contributed by atoms with Gasteiger partial charge in [-0.2, -0.15) is 0 Å². The first kappa shape index (κ1) is 21.5. The molecule has 2 amide bonds. The van der Waals surface area contributed by atoms with E-state index in [1.165, 1.54) is 4.90 Å². The summed E-state index contributed by atoms with van der Waals surface area (Å²) in [5.41, 5.74) is 4.31. The lowest BCUT2D eigenvalue weighted by Crippen LogP contribution is -2.36. The molecule has 2 saturated heterocycles. The van der Waals surface area contributed by atoms with E-state index in [1.807, 2.05) is 50.3 Å². The first-order valence-electron chi connectivity index (χ1n) is 10.4. The van der Waals surface area contributed by atoms with E-state index in [2.05, 4.69) is 17.0 Å². The Bertz CT molecular complexity index is 997. The number of morpholine rings is 1. The maximum Gasteiger partial charge on any atom is 0.293 e. The molecule has 31 heavy (non-hydrogen) atoms. The summed E-state index contributed by atoms with van der Waals surface area (Å²) >= 11 is 0.982. The summed E-state index contributed by atoms with van der Waals surface area (Å²) in [6, 6.07) is 13.9. The van der Waals surface area contributed by atoms with Gasteiger partial charge in [-0.25, -0.2) is 0 Å². The Balaban J connectivity index is 1.39. The summed E-state index contributed by atoms with van der Waals surface area (Å²) in [5.74, 6) is 0.461. The van der Waals surface area contributed by atoms with Crippen molar-refractivity contribution < 1.29 is 19.1 Å². The zero-order chi connectivity index (χ0) is 21.8. The van der Waals surface area contributed by atoms with Crippen LogP contribution >= 0.6 is 11.8 Å². The molecule has 2 aromatic carbocycles. The monoisotopic (exact) mass is 438 g/mol.